The quantitative estimate of drug-likeness (QED) is 0.841. The van der Waals surface area contributed by atoms with Gasteiger partial charge in [0.05, 0.1) is 0 Å². The highest BCUT2D eigenvalue weighted by Gasteiger charge is 2.56. The van der Waals surface area contributed by atoms with Gasteiger partial charge in [-0.2, -0.15) is 0 Å². The molecule has 1 aliphatic carbocycles. The average molecular weight is 254 g/mol. The van der Waals surface area contributed by atoms with Crippen LogP contribution >= 0.6 is 0 Å². The number of likely N-dealkylation sites (tertiary alicyclic amines) is 1. The maximum Gasteiger partial charge on any atom is 0.410 e. The molecule has 0 radical (unpaired) electrons. The van der Waals surface area contributed by atoms with Crippen LogP contribution in [-0.2, 0) is 4.74 Å². The van der Waals surface area contributed by atoms with Crippen molar-refractivity contribution in [1.29, 1.82) is 0 Å². The summed E-state index contributed by atoms with van der Waals surface area (Å²) in [6.45, 7) is 7.37. The van der Waals surface area contributed by atoms with Gasteiger partial charge in [-0.15, -0.1) is 0 Å². The number of fused-ring (bicyclic) bond motifs is 1. The Balaban J connectivity index is 1.91. The summed E-state index contributed by atoms with van der Waals surface area (Å²) in [7, 11) is 0. The van der Waals surface area contributed by atoms with Crippen molar-refractivity contribution < 1.29 is 9.53 Å². The molecule has 0 spiro atoms. The molecule has 1 unspecified atom stereocenters. The van der Waals surface area contributed by atoms with Crippen molar-refractivity contribution in [1.82, 2.24) is 4.90 Å². The van der Waals surface area contributed by atoms with E-state index in [2.05, 4.69) is 0 Å². The molecule has 2 aliphatic rings. The molecule has 104 valence electrons. The highest BCUT2D eigenvalue weighted by molar-refractivity contribution is 5.69. The molecule has 2 rings (SSSR count). The minimum Gasteiger partial charge on any atom is -0.444 e. The van der Waals surface area contributed by atoms with Gasteiger partial charge in [-0.3, -0.25) is 0 Å². The van der Waals surface area contributed by atoms with E-state index in [-0.39, 0.29) is 6.09 Å². The van der Waals surface area contributed by atoms with Gasteiger partial charge in [0.2, 0.25) is 0 Å². The highest BCUT2D eigenvalue weighted by atomic mass is 16.6. The molecule has 1 amide bonds. The van der Waals surface area contributed by atoms with Crippen LogP contribution in [0.25, 0.3) is 0 Å². The Morgan fingerprint density at radius 1 is 1.44 bits per heavy atom. The molecule has 18 heavy (non-hydrogen) atoms. The lowest BCUT2D eigenvalue weighted by Gasteiger charge is -2.30. The fraction of sp³-hybridized carbons (Fsp3) is 0.929. The van der Waals surface area contributed by atoms with E-state index in [4.69, 9.17) is 10.5 Å². The third kappa shape index (κ3) is 2.97. The van der Waals surface area contributed by atoms with Gasteiger partial charge in [0.15, 0.2) is 0 Å². The largest absolute Gasteiger partial charge is 0.444 e. The van der Waals surface area contributed by atoms with Gasteiger partial charge in [-0.05, 0) is 64.8 Å². The van der Waals surface area contributed by atoms with E-state index in [0.717, 1.165) is 32.4 Å². The first-order valence-electron chi connectivity index (χ1n) is 7.14. The Bertz CT molecular complexity index is 311. The van der Waals surface area contributed by atoms with Crippen molar-refractivity contribution >= 4 is 6.09 Å². The van der Waals surface area contributed by atoms with E-state index in [1.165, 1.54) is 6.42 Å². The molecule has 3 atom stereocenters. The van der Waals surface area contributed by atoms with Crippen LogP contribution in [0.2, 0.25) is 0 Å². The van der Waals surface area contributed by atoms with Gasteiger partial charge >= 0.3 is 6.09 Å². The van der Waals surface area contributed by atoms with E-state index in [1.54, 1.807) is 0 Å². The van der Waals surface area contributed by atoms with Crippen LogP contribution in [-0.4, -0.2) is 35.7 Å². The smallest absolute Gasteiger partial charge is 0.410 e. The van der Waals surface area contributed by atoms with E-state index < -0.39 is 5.60 Å². The summed E-state index contributed by atoms with van der Waals surface area (Å²) in [5.74, 6) is 1.38. The topological polar surface area (TPSA) is 55.6 Å². The molecule has 1 saturated carbocycles. The van der Waals surface area contributed by atoms with Crippen molar-refractivity contribution in [2.24, 2.45) is 17.6 Å². The predicted octanol–water partition coefficient (Wildman–Crippen LogP) is 2.37. The number of hydrogen-bond acceptors (Lipinski definition) is 3. The zero-order chi connectivity index (χ0) is 13.3. The third-order valence-electron chi connectivity index (χ3n) is 3.95. The highest BCUT2D eigenvalue weighted by Crippen LogP contribution is 2.51. The number of rotatable bonds is 3. The van der Waals surface area contributed by atoms with Gasteiger partial charge < -0.3 is 15.4 Å². The summed E-state index contributed by atoms with van der Waals surface area (Å²) in [5.41, 5.74) is 5.17. The second kappa shape index (κ2) is 5.08. The van der Waals surface area contributed by atoms with Gasteiger partial charge in [0.25, 0.3) is 0 Å². The van der Waals surface area contributed by atoms with E-state index >= 15 is 0 Å². The average Bonchev–Trinajstić information content (AvgIpc) is 2.97. The fourth-order valence-corrected chi connectivity index (χ4v) is 3.19. The number of piperidine rings is 1. The van der Waals surface area contributed by atoms with Gasteiger partial charge in [0, 0.05) is 12.6 Å². The molecule has 4 heteroatoms. The van der Waals surface area contributed by atoms with Crippen LogP contribution in [0.15, 0.2) is 0 Å². The molecule has 1 heterocycles. The van der Waals surface area contributed by atoms with E-state index in [1.807, 2.05) is 25.7 Å². The number of amides is 1. The van der Waals surface area contributed by atoms with Crippen molar-refractivity contribution in [3.63, 3.8) is 0 Å². The number of hydrogen-bond donors (Lipinski definition) is 1. The summed E-state index contributed by atoms with van der Waals surface area (Å²) in [5, 5.41) is 0. The Morgan fingerprint density at radius 2 is 2.17 bits per heavy atom. The number of nitrogens with two attached hydrogens (primary N) is 1. The van der Waals surface area contributed by atoms with Crippen molar-refractivity contribution in [3.05, 3.63) is 0 Å². The van der Waals surface area contributed by atoms with Crippen LogP contribution in [0.4, 0.5) is 4.79 Å². The van der Waals surface area contributed by atoms with Crippen molar-refractivity contribution in [2.75, 3.05) is 13.1 Å². The Labute approximate surface area is 110 Å². The second-order valence-corrected chi connectivity index (χ2v) is 6.57. The standard InChI is InChI=1S/C14H26N2O2/c1-14(2,3)18-13(17)16-9-5-7-11-10(12(11)16)6-4-8-15/h10-12H,4-9,15H2,1-3H3/t10?,11-,12+/m1/s1. The molecule has 1 saturated heterocycles. The molecular weight excluding hydrogens is 228 g/mol. The van der Waals surface area contributed by atoms with Crippen LogP contribution in [0, 0.1) is 11.8 Å². The minimum atomic E-state index is -0.397. The van der Waals surface area contributed by atoms with Crippen molar-refractivity contribution in [3.8, 4) is 0 Å². The normalized spacial score (nSPS) is 30.9. The molecule has 0 aromatic rings. The van der Waals surface area contributed by atoms with Crippen LogP contribution in [0.1, 0.15) is 46.5 Å². The van der Waals surface area contributed by atoms with Gasteiger partial charge in [-0.25, -0.2) is 4.79 Å². The predicted molar refractivity (Wildman–Crippen MR) is 71.2 cm³/mol. The Hall–Kier alpha value is -0.770. The first-order chi connectivity index (χ1) is 8.44. The maximum absolute atomic E-state index is 12.1. The fourth-order valence-electron chi connectivity index (χ4n) is 3.19. The van der Waals surface area contributed by atoms with E-state index in [9.17, 15) is 4.79 Å². The van der Waals surface area contributed by atoms with Gasteiger partial charge in [0.1, 0.15) is 5.60 Å². The first kappa shape index (κ1) is 13.7. The summed E-state index contributed by atoms with van der Waals surface area (Å²) in [4.78, 5) is 14.1. The zero-order valence-electron chi connectivity index (χ0n) is 11.8. The van der Waals surface area contributed by atoms with E-state index in [0.29, 0.717) is 17.9 Å². The molecular formula is C14H26N2O2. The summed E-state index contributed by atoms with van der Waals surface area (Å²) >= 11 is 0. The lowest BCUT2D eigenvalue weighted by molar-refractivity contribution is 0.0187. The van der Waals surface area contributed by atoms with Crippen molar-refractivity contribution in [2.45, 2.75) is 58.1 Å². The SMILES string of the molecule is CC(C)(C)OC(=O)N1CCC[C@@H]2C(CCCN)[C@@H]21. The molecule has 4 nitrogen and oxygen atoms in total. The molecule has 2 N–H and O–H groups in total. The van der Waals surface area contributed by atoms with Gasteiger partial charge in [-0.1, -0.05) is 0 Å². The summed E-state index contributed by atoms with van der Waals surface area (Å²) < 4.78 is 5.49. The second-order valence-electron chi connectivity index (χ2n) is 6.57. The summed E-state index contributed by atoms with van der Waals surface area (Å²) in [6, 6.07) is 0.431. The molecule has 0 aromatic heterocycles. The molecule has 1 aliphatic heterocycles. The lowest BCUT2D eigenvalue weighted by atomic mass is 10.1. The van der Waals surface area contributed by atoms with Crippen LogP contribution in [0.3, 0.4) is 0 Å². The molecule has 0 bridgehead atoms. The number of nitrogens with zero attached hydrogens (tertiary/aromatic N) is 1. The number of carbonyl (C=O) groups excluding carboxylic acids is 1. The third-order valence-corrected chi connectivity index (χ3v) is 3.95. The summed E-state index contributed by atoms with van der Waals surface area (Å²) in [6.07, 6.45) is 4.47. The molecule has 0 aromatic carbocycles. The first-order valence-corrected chi connectivity index (χ1v) is 7.14. The molecule has 2 fully saturated rings. The number of ether oxygens (including phenoxy) is 1. The minimum absolute atomic E-state index is 0.132. The number of carbonyl (C=O) groups is 1. The Morgan fingerprint density at radius 3 is 2.78 bits per heavy atom. The van der Waals surface area contributed by atoms with Crippen LogP contribution < -0.4 is 5.73 Å². The Kier molecular flexibility index (Phi) is 3.85. The lowest BCUT2D eigenvalue weighted by Crippen LogP contribution is -2.41. The monoisotopic (exact) mass is 254 g/mol. The zero-order valence-corrected chi connectivity index (χ0v) is 11.8. The van der Waals surface area contributed by atoms with Crippen LogP contribution in [0.5, 0.6) is 0 Å². The maximum atomic E-state index is 12.1.